The second kappa shape index (κ2) is 9.45. The number of imidazole rings is 1. The fourth-order valence-corrected chi connectivity index (χ4v) is 4.81. The van der Waals surface area contributed by atoms with Crippen LogP contribution in [-0.4, -0.2) is 74.5 Å². The molecule has 2 aliphatic heterocycles. The Balaban J connectivity index is 1.19. The van der Waals surface area contributed by atoms with E-state index in [1.807, 2.05) is 55.1 Å². The molecule has 0 bridgehead atoms. The smallest absolute Gasteiger partial charge is 0.176 e. The lowest BCUT2D eigenvalue weighted by Gasteiger charge is -2.41. The van der Waals surface area contributed by atoms with E-state index in [0.29, 0.717) is 6.04 Å². The molecule has 0 amide bonds. The van der Waals surface area contributed by atoms with Gasteiger partial charge in [-0.05, 0) is 56.8 Å². The molecule has 10 nitrogen and oxygen atoms in total. The maximum absolute atomic E-state index is 6.18. The van der Waals surface area contributed by atoms with Crippen LogP contribution in [0.2, 0.25) is 0 Å². The van der Waals surface area contributed by atoms with Crippen molar-refractivity contribution in [3.63, 3.8) is 0 Å². The lowest BCUT2D eigenvalue weighted by Crippen LogP contribution is -2.55. The molecule has 6 rings (SSSR count). The predicted molar refractivity (Wildman–Crippen MR) is 146 cm³/mol. The van der Waals surface area contributed by atoms with Gasteiger partial charge < -0.3 is 24.8 Å². The highest BCUT2D eigenvalue weighted by Gasteiger charge is 2.29. The molecule has 2 unspecified atom stereocenters. The number of fused-ring (bicyclic) bond motifs is 2. The zero-order valence-corrected chi connectivity index (χ0v) is 21.5. The minimum Gasteiger partial charge on any atom is -0.457 e. The van der Waals surface area contributed by atoms with Gasteiger partial charge in [-0.15, -0.1) is 0 Å². The number of benzene rings is 2. The van der Waals surface area contributed by atoms with Gasteiger partial charge in [0.25, 0.3) is 0 Å². The van der Waals surface area contributed by atoms with Crippen molar-refractivity contribution in [2.75, 3.05) is 37.3 Å². The summed E-state index contributed by atoms with van der Waals surface area (Å²) < 4.78 is 8.17. The monoisotopic (exact) mass is 497 g/mol. The van der Waals surface area contributed by atoms with Gasteiger partial charge in [-0.1, -0.05) is 0 Å². The van der Waals surface area contributed by atoms with Crippen molar-refractivity contribution in [1.29, 1.82) is 0 Å². The minimum absolute atomic E-state index is 0.135. The van der Waals surface area contributed by atoms with Crippen LogP contribution in [0.1, 0.15) is 18.2 Å². The maximum atomic E-state index is 6.18. The number of piperazine rings is 1. The lowest BCUT2D eigenvalue weighted by molar-refractivity contribution is 0.0829. The number of ether oxygens (including phenoxy) is 1. The summed E-state index contributed by atoms with van der Waals surface area (Å²) in [6.07, 6.45) is 5.07. The van der Waals surface area contributed by atoms with Crippen LogP contribution in [-0.2, 0) is 7.05 Å². The Morgan fingerprint density at radius 3 is 2.78 bits per heavy atom. The number of anilines is 3. The fourth-order valence-electron chi connectivity index (χ4n) is 4.81. The number of hydrogen-bond donors (Lipinski definition) is 2. The molecule has 2 aliphatic rings. The third-order valence-electron chi connectivity index (χ3n) is 7.19. The van der Waals surface area contributed by atoms with E-state index in [1.54, 1.807) is 12.7 Å². The van der Waals surface area contributed by atoms with E-state index in [9.17, 15) is 0 Å². The molecule has 0 aliphatic carbocycles. The topological polar surface area (TPSA) is 95.7 Å². The molecule has 4 aromatic rings. The Labute approximate surface area is 216 Å². The molecule has 1 fully saturated rings. The molecule has 1 saturated heterocycles. The quantitative estimate of drug-likeness (QED) is 0.428. The molecule has 0 spiro atoms. The van der Waals surface area contributed by atoms with E-state index in [2.05, 4.69) is 55.4 Å². The van der Waals surface area contributed by atoms with Crippen molar-refractivity contribution in [2.24, 2.45) is 12.0 Å². The first-order valence-electron chi connectivity index (χ1n) is 12.5. The molecule has 0 radical (unpaired) electrons. The van der Waals surface area contributed by atoms with Gasteiger partial charge in [0, 0.05) is 44.5 Å². The normalized spacial score (nSPS) is 20.0. The van der Waals surface area contributed by atoms with Gasteiger partial charge in [0.1, 0.15) is 29.2 Å². The van der Waals surface area contributed by atoms with E-state index in [0.717, 1.165) is 70.6 Å². The van der Waals surface area contributed by atoms with Gasteiger partial charge in [0.2, 0.25) is 0 Å². The van der Waals surface area contributed by atoms with Crippen LogP contribution in [0.25, 0.3) is 11.0 Å². The summed E-state index contributed by atoms with van der Waals surface area (Å²) in [6.45, 7) is 7.20. The molecule has 10 heteroatoms. The number of aryl methyl sites for hydroxylation is 2. The Hall–Kier alpha value is -4.02. The minimum atomic E-state index is -0.135. The maximum Gasteiger partial charge on any atom is 0.176 e. The highest BCUT2D eigenvalue weighted by atomic mass is 16.5. The van der Waals surface area contributed by atoms with E-state index >= 15 is 0 Å². The third-order valence-corrected chi connectivity index (χ3v) is 7.19. The highest BCUT2D eigenvalue weighted by molar-refractivity contribution is 5.92. The summed E-state index contributed by atoms with van der Waals surface area (Å²) in [5.41, 5.74) is 5.53. The SMILES string of the molecule is Cc1cc(Nc2ncnc3c2NC(N2CCN(C)C(C)C2)N=C3)ccc1Oc1ccc2c(c1)ncn2C. The van der Waals surface area contributed by atoms with Crippen LogP contribution in [0.15, 0.2) is 54.0 Å². The molecule has 0 saturated carbocycles. The molecule has 2 N–H and O–H groups in total. The molecule has 2 aromatic carbocycles. The number of aromatic nitrogens is 4. The average molecular weight is 498 g/mol. The van der Waals surface area contributed by atoms with Gasteiger partial charge in [-0.25, -0.2) is 15.0 Å². The second-order valence-electron chi connectivity index (χ2n) is 9.82. The van der Waals surface area contributed by atoms with Crippen LogP contribution >= 0.6 is 0 Å². The van der Waals surface area contributed by atoms with Crippen LogP contribution in [0.5, 0.6) is 11.5 Å². The summed E-state index contributed by atoms with van der Waals surface area (Å²) >= 11 is 0. The highest BCUT2D eigenvalue weighted by Crippen LogP contribution is 2.32. The Kier molecular flexibility index (Phi) is 5.97. The number of aliphatic imine (C=N–C) groups is 1. The number of likely N-dealkylation sites (N-methyl/N-ethyl adjacent to an activating group) is 1. The van der Waals surface area contributed by atoms with E-state index in [4.69, 9.17) is 9.73 Å². The van der Waals surface area contributed by atoms with Crippen molar-refractivity contribution >= 4 is 34.4 Å². The van der Waals surface area contributed by atoms with Gasteiger partial charge in [-0.2, -0.15) is 0 Å². The molecular weight excluding hydrogens is 466 g/mol. The molecule has 2 aromatic heterocycles. The summed E-state index contributed by atoms with van der Waals surface area (Å²) in [5, 5.41) is 7.02. The molecule has 4 heterocycles. The molecule has 37 heavy (non-hydrogen) atoms. The van der Waals surface area contributed by atoms with E-state index < -0.39 is 0 Å². The molecule has 190 valence electrons. The number of hydrogen-bond acceptors (Lipinski definition) is 9. The predicted octanol–water partition coefficient (Wildman–Crippen LogP) is 3.97. The lowest BCUT2D eigenvalue weighted by atomic mass is 10.2. The van der Waals surface area contributed by atoms with Crippen LogP contribution < -0.4 is 15.4 Å². The van der Waals surface area contributed by atoms with Crippen LogP contribution in [0.3, 0.4) is 0 Å². The summed E-state index contributed by atoms with van der Waals surface area (Å²) in [7, 11) is 4.15. The van der Waals surface area contributed by atoms with Crippen molar-refractivity contribution in [3.8, 4) is 11.5 Å². The fraction of sp³-hybridized carbons (Fsp3) is 0.333. The van der Waals surface area contributed by atoms with Gasteiger partial charge in [0.15, 0.2) is 12.1 Å². The zero-order valence-electron chi connectivity index (χ0n) is 21.5. The van der Waals surface area contributed by atoms with Crippen LogP contribution in [0.4, 0.5) is 17.2 Å². The first-order valence-corrected chi connectivity index (χ1v) is 12.5. The Bertz CT molecular complexity index is 1480. The van der Waals surface area contributed by atoms with E-state index in [1.165, 1.54) is 0 Å². The average Bonchev–Trinajstić information content (AvgIpc) is 3.27. The van der Waals surface area contributed by atoms with Gasteiger partial charge in [-0.3, -0.25) is 9.89 Å². The summed E-state index contributed by atoms with van der Waals surface area (Å²) in [6, 6.07) is 12.4. The second-order valence-corrected chi connectivity index (χ2v) is 9.82. The largest absolute Gasteiger partial charge is 0.457 e. The van der Waals surface area contributed by atoms with Crippen molar-refractivity contribution in [3.05, 3.63) is 60.3 Å². The first-order chi connectivity index (χ1) is 17.9. The number of nitrogens with one attached hydrogen (secondary N) is 2. The Morgan fingerprint density at radius 1 is 1.05 bits per heavy atom. The Morgan fingerprint density at radius 2 is 1.95 bits per heavy atom. The summed E-state index contributed by atoms with van der Waals surface area (Å²) in [5.74, 6) is 2.27. The van der Waals surface area contributed by atoms with Gasteiger partial charge in [0.05, 0.1) is 23.6 Å². The molecular formula is C27H31N9O. The van der Waals surface area contributed by atoms with Crippen molar-refractivity contribution in [1.82, 2.24) is 29.3 Å². The standard InChI is InChI=1S/C27H31N9O/c1-17-11-19(5-8-24(17)37-20-6-7-23-21(12-20)31-16-35(23)4)32-26-25-22(29-15-30-26)13-28-27(33-25)36-10-9-34(3)18(2)14-36/h5-8,11-13,15-16,18,27,33H,9-10,14H2,1-4H3,(H,29,30,32). The summed E-state index contributed by atoms with van der Waals surface area (Å²) in [4.78, 5) is 22.8. The first kappa shape index (κ1) is 23.4. The zero-order chi connectivity index (χ0) is 25.5. The van der Waals surface area contributed by atoms with Gasteiger partial charge >= 0.3 is 0 Å². The number of nitrogens with zero attached hydrogens (tertiary/aromatic N) is 7. The van der Waals surface area contributed by atoms with Crippen molar-refractivity contribution < 1.29 is 4.74 Å². The van der Waals surface area contributed by atoms with Crippen LogP contribution in [0, 0.1) is 6.92 Å². The molecule has 2 atom stereocenters. The number of rotatable bonds is 5. The van der Waals surface area contributed by atoms with E-state index in [-0.39, 0.29) is 6.29 Å². The third kappa shape index (κ3) is 4.61. The van der Waals surface area contributed by atoms with Crippen molar-refractivity contribution in [2.45, 2.75) is 26.2 Å².